The Kier molecular flexibility index (Phi) is 7.39. The lowest BCUT2D eigenvalue weighted by Crippen LogP contribution is -2.56. The zero-order valence-electron chi connectivity index (χ0n) is 21.8. The van der Waals surface area contributed by atoms with Crippen LogP contribution in [0.15, 0.2) is 46.9 Å². The SMILES string of the molecule is CC(C)(C)OC(=O)N1C2CCC1CN(c1cc3c(cc1Br)CC(NC(=O)OCc1ccccc1)CC3)C2. The van der Waals surface area contributed by atoms with Gasteiger partial charge in [-0.25, -0.2) is 9.59 Å². The van der Waals surface area contributed by atoms with Crippen LogP contribution in [0.5, 0.6) is 0 Å². The summed E-state index contributed by atoms with van der Waals surface area (Å²) in [5, 5.41) is 3.04. The minimum Gasteiger partial charge on any atom is -0.445 e. The fourth-order valence-electron chi connectivity index (χ4n) is 5.78. The molecule has 2 fully saturated rings. The van der Waals surface area contributed by atoms with E-state index in [9.17, 15) is 9.59 Å². The van der Waals surface area contributed by atoms with E-state index in [1.165, 1.54) is 16.8 Å². The Morgan fingerprint density at radius 3 is 2.41 bits per heavy atom. The van der Waals surface area contributed by atoms with E-state index in [0.717, 1.165) is 55.2 Å². The Morgan fingerprint density at radius 1 is 1.03 bits per heavy atom. The topological polar surface area (TPSA) is 71.1 Å². The first kappa shape index (κ1) is 25.9. The molecule has 0 radical (unpaired) electrons. The molecule has 198 valence electrons. The maximum atomic E-state index is 12.8. The Bertz CT molecular complexity index is 1140. The third-order valence-electron chi connectivity index (χ3n) is 7.46. The van der Waals surface area contributed by atoms with E-state index in [-0.39, 0.29) is 36.9 Å². The number of amides is 2. The molecule has 2 aliphatic heterocycles. The lowest BCUT2D eigenvalue weighted by molar-refractivity contribution is 0.0123. The second-order valence-electron chi connectivity index (χ2n) is 11.4. The lowest BCUT2D eigenvalue weighted by atomic mass is 9.88. The van der Waals surface area contributed by atoms with Gasteiger partial charge in [-0.3, -0.25) is 4.90 Å². The van der Waals surface area contributed by atoms with Crippen molar-refractivity contribution in [1.29, 1.82) is 0 Å². The number of aryl methyl sites for hydroxylation is 1. The monoisotopic (exact) mass is 569 g/mol. The first-order valence-electron chi connectivity index (χ1n) is 13.2. The minimum absolute atomic E-state index is 0.0572. The zero-order chi connectivity index (χ0) is 26.2. The van der Waals surface area contributed by atoms with E-state index in [0.29, 0.717) is 0 Å². The molecular formula is C29H36BrN3O4. The Balaban J connectivity index is 1.20. The number of rotatable bonds is 4. The van der Waals surface area contributed by atoms with Crippen molar-refractivity contribution in [1.82, 2.24) is 10.2 Å². The van der Waals surface area contributed by atoms with Gasteiger partial charge in [-0.15, -0.1) is 0 Å². The largest absolute Gasteiger partial charge is 0.445 e. The quantitative estimate of drug-likeness (QED) is 0.502. The van der Waals surface area contributed by atoms with Gasteiger partial charge >= 0.3 is 12.2 Å². The van der Waals surface area contributed by atoms with Gasteiger partial charge in [0.1, 0.15) is 12.2 Å². The number of anilines is 1. The summed E-state index contributed by atoms with van der Waals surface area (Å²) >= 11 is 3.82. The number of nitrogens with zero attached hydrogens (tertiary/aromatic N) is 2. The number of hydrogen-bond acceptors (Lipinski definition) is 5. The van der Waals surface area contributed by atoms with Crippen molar-refractivity contribution in [3.05, 3.63) is 63.6 Å². The van der Waals surface area contributed by atoms with Crippen LogP contribution in [0, 0.1) is 0 Å². The van der Waals surface area contributed by atoms with Crippen LogP contribution >= 0.6 is 15.9 Å². The molecule has 2 amide bonds. The summed E-state index contributed by atoms with van der Waals surface area (Å²) in [5.74, 6) is 0. The first-order chi connectivity index (χ1) is 17.7. The third kappa shape index (κ3) is 6.06. The predicted molar refractivity (Wildman–Crippen MR) is 147 cm³/mol. The van der Waals surface area contributed by atoms with Gasteiger partial charge in [-0.05, 0) is 97.6 Å². The fourth-order valence-corrected chi connectivity index (χ4v) is 6.42. The molecule has 8 heteroatoms. The van der Waals surface area contributed by atoms with E-state index in [4.69, 9.17) is 9.47 Å². The van der Waals surface area contributed by atoms with Crippen molar-refractivity contribution < 1.29 is 19.1 Å². The van der Waals surface area contributed by atoms with Crippen molar-refractivity contribution in [2.24, 2.45) is 0 Å². The van der Waals surface area contributed by atoms with E-state index in [2.05, 4.69) is 38.3 Å². The molecule has 1 aliphatic carbocycles. The summed E-state index contributed by atoms with van der Waals surface area (Å²) in [6.07, 6.45) is 4.03. The van der Waals surface area contributed by atoms with Crippen molar-refractivity contribution in [2.75, 3.05) is 18.0 Å². The molecule has 37 heavy (non-hydrogen) atoms. The van der Waals surface area contributed by atoms with Gasteiger partial charge in [0.2, 0.25) is 0 Å². The van der Waals surface area contributed by atoms with Gasteiger partial charge in [0.25, 0.3) is 0 Å². The van der Waals surface area contributed by atoms with Crippen molar-refractivity contribution >= 4 is 33.8 Å². The van der Waals surface area contributed by atoms with Crippen LogP contribution in [0.2, 0.25) is 0 Å². The molecule has 2 aromatic carbocycles. The van der Waals surface area contributed by atoms with Crippen molar-refractivity contribution in [3.8, 4) is 0 Å². The number of fused-ring (bicyclic) bond motifs is 3. The van der Waals surface area contributed by atoms with Crippen LogP contribution in [-0.4, -0.2) is 53.9 Å². The smallest absolute Gasteiger partial charge is 0.410 e. The van der Waals surface area contributed by atoms with Crippen LogP contribution in [0.3, 0.4) is 0 Å². The zero-order valence-corrected chi connectivity index (χ0v) is 23.4. The molecule has 2 aromatic rings. The number of benzene rings is 2. The normalized spacial score (nSPS) is 22.9. The fraction of sp³-hybridized carbons (Fsp3) is 0.517. The number of carbonyl (C=O) groups is 2. The first-order valence-corrected chi connectivity index (χ1v) is 14.0. The van der Waals surface area contributed by atoms with Crippen molar-refractivity contribution in [2.45, 2.75) is 83.2 Å². The highest BCUT2D eigenvalue weighted by Crippen LogP contribution is 2.39. The highest BCUT2D eigenvalue weighted by Gasteiger charge is 2.44. The molecule has 3 unspecified atom stereocenters. The number of ether oxygens (including phenoxy) is 2. The highest BCUT2D eigenvalue weighted by atomic mass is 79.9. The van der Waals surface area contributed by atoms with E-state index < -0.39 is 5.60 Å². The van der Waals surface area contributed by atoms with Gasteiger partial charge in [-0.1, -0.05) is 30.3 Å². The number of carbonyl (C=O) groups excluding carboxylic acids is 2. The Labute approximate surface area is 227 Å². The van der Waals surface area contributed by atoms with Gasteiger partial charge in [0.05, 0.1) is 17.8 Å². The number of halogens is 1. The van der Waals surface area contributed by atoms with Gasteiger partial charge in [0, 0.05) is 23.6 Å². The van der Waals surface area contributed by atoms with E-state index in [1.54, 1.807) is 0 Å². The molecule has 3 atom stereocenters. The summed E-state index contributed by atoms with van der Waals surface area (Å²) in [5.41, 5.74) is 4.26. The predicted octanol–water partition coefficient (Wildman–Crippen LogP) is 5.82. The highest BCUT2D eigenvalue weighted by molar-refractivity contribution is 9.10. The van der Waals surface area contributed by atoms with Gasteiger partial charge in [-0.2, -0.15) is 0 Å². The third-order valence-corrected chi connectivity index (χ3v) is 8.09. The molecule has 7 nitrogen and oxygen atoms in total. The lowest BCUT2D eigenvalue weighted by Gasteiger charge is -2.43. The maximum Gasteiger partial charge on any atom is 0.410 e. The summed E-state index contributed by atoms with van der Waals surface area (Å²) in [4.78, 5) is 29.6. The minimum atomic E-state index is -0.486. The van der Waals surface area contributed by atoms with Gasteiger partial charge in [0.15, 0.2) is 0 Å². The average Bonchev–Trinajstić information content (AvgIpc) is 3.12. The maximum absolute atomic E-state index is 12.8. The molecule has 1 N–H and O–H groups in total. The standard InChI is InChI=1S/C29H36BrN3O4/c1-29(2,3)37-28(35)33-23-11-12-24(33)17-32(16-23)26-15-20-9-10-22(13-21(20)14-25(26)30)31-27(34)36-18-19-7-5-4-6-8-19/h4-8,14-15,22-24H,9-13,16-18H2,1-3H3,(H,31,34). The second kappa shape index (κ2) is 10.6. The van der Waals surface area contributed by atoms with E-state index in [1.807, 2.05) is 56.0 Å². The van der Waals surface area contributed by atoms with Crippen LogP contribution in [0.4, 0.5) is 15.3 Å². The molecule has 3 aliphatic rings. The summed E-state index contributed by atoms with van der Waals surface area (Å²) in [6.45, 7) is 7.65. The van der Waals surface area contributed by atoms with E-state index >= 15 is 0 Å². The number of nitrogens with one attached hydrogen (secondary N) is 1. The molecular weight excluding hydrogens is 534 g/mol. The molecule has 5 rings (SSSR count). The Hall–Kier alpha value is -2.74. The van der Waals surface area contributed by atoms with Crippen molar-refractivity contribution in [3.63, 3.8) is 0 Å². The average molecular weight is 571 g/mol. The molecule has 0 saturated carbocycles. The number of alkyl carbamates (subject to hydrolysis) is 1. The molecule has 2 bridgehead atoms. The molecule has 2 saturated heterocycles. The molecule has 0 spiro atoms. The summed E-state index contributed by atoms with van der Waals surface area (Å²) in [6, 6.07) is 14.6. The number of piperazine rings is 1. The number of hydrogen-bond donors (Lipinski definition) is 1. The van der Waals surface area contributed by atoms with Crippen LogP contribution in [0.25, 0.3) is 0 Å². The second-order valence-corrected chi connectivity index (χ2v) is 12.3. The van der Waals surface area contributed by atoms with Crippen LogP contribution < -0.4 is 10.2 Å². The van der Waals surface area contributed by atoms with Gasteiger partial charge < -0.3 is 19.7 Å². The summed E-state index contributed by atoms with van der Waals surface area (Å²) in [7, 11) is 0. The molecule has 2 heterocycles. The molecule has 0 aromatic heterocycles. The Morgan fingerprint density at radius 2 is 1.73 bits per heavy atom. The van der Waals surface area contributed by atoms with Crippen LogP contribution in [-0.2, 0) is 28.9 Å². The summed E-state index contributed by atoms with van der Waals surface area (Å²) < 4.78 is 12.2. The van der Waals surface area contributed by atoms with Crippen LogP contribution in [0.1, 0.15) is 56.7 Å².